The maximum atomic E-state index is 11.8. The van der Waals surface area contributed by atoms with E-state index in [9.17, 15) is 19.2 Å². The van der Waals surface area contributed by atoms with E-state index in [1.54, 1.807) is 0 Å². The topological polar surface area (TPSA) is 183 Å². The van der Waals surface area contributed by atoms with Crippen LogP contribution in [0.25, 0.3) is 0 Å². The van der Waals surface area contributed by atoms with Crippen LogP contribution in [0.3, 0.4) is 0 Å². The summed E-state index contributed by atoms with van der Waals surface area (Å²) in [4.78, 5) is 75.9. The van der Waals surface area contributed by atoms with Crippen molar-refractivity contribution in [2.75, 3.05) is 0 Å². The van der Waals surface area contributed by atoms with Crippen LogP contribution in [0, 0.1) is 0 Å². The first kappa shape index (κ1) is 50.8. The highest BCUT2D eigenvalue weighted by molar-refractivity contribution is 7.31. The van der Waals surface area contributed by atoms with Crippen molar-refractivity contribution in [3.63, 3.8) is 0 Å². The number of hydrogen-bond acceptors (Lipinski definition) is 6. The Balaban J connectivity index is 0.000000214. The third-order valence-electron chi connectivity index (χ3n) is 8.29. The molecule has 0 fully saturated rings. The lowest BCUT2D eigenvalue weighted by Crippen LogP contribution is -1.99. The van der Waals surface area contributed by atoms with Crippen LogP contribution in [0.5, 0.6) is 0 Å². The van der Waals surface area contributed by atoms with Gasteiger partial charge in [0.1, 0.15) is 0 Å². The van der Waals surface area contributed by atoms with E-state index in [0.29, 0.717) is 0 Å². The minimum atomic E-state index is -2.87. The van der Waals surface area contributed by atoms with Crippen molar-refractivity contribution in [2.45, 2.75) is 0 Å². The van der Waals surface area contributed by atoms with Gasteiger partial charge in [0.2, 0.25) is 0 Å². The van der Waals surface area contributed by atoms with E-state index in [1.165, 1.54) is 0 Å². The first-order chi connectivity index (χ1) is 31.0. The van der Waals surface area contributed by atoms with Gasteiger partial charge >= 0.3 is 16.5 Å². The second-order valence-corrected chi connectivity index (χ2v) is 13.8. The van der Waals surface area contributed by atoms with Gasteiger partial charge in [0.15, 0.2) is 23.1 Å². The maximum Gasteiger partial charge on any atom is 0.692 e. The Morgan fingerprint density at radius 2 is 0.297 bits per heavy atom. The van der Waals surface area contributed by atoms with Gasteiger partial charge in [-0.1, -0.05) is 243 Å². The minimum Gasteiger partial charge on any atom is -0.289 e. The quantitative estimate of drug-likeness (QED) is 0.0846. The maximum absolute atomic E-state index is 11.8. The molecule has 64 heavy (non-hydrogen) atoms. The molecule has 12 heteroatoms. The molecule has 8 aromatic carbocycles. The Morgan fingerprint density at radius 3 is 0.375 bits per heavy atom. The summed E-state index contributed by atoms with van der Waals surface area (Å²) < 4.78 is 17.4. The molecule has 8 aromatic rings. The van der Waals surface area contributed by atoms with Crippen LogP contribution in [0.1, 0.15) is 63.7 Å². The van der Waals surface area contributed by atoms with Crippen molar-refractivity contribution in [2.24, 2.45) is 0 Å². The molecule has 320 valence electrons. The van der Waals surface area contributed by atoms with E-state index in [0.717, 1.165) is 44.5 Å². The Labute approximate surface area is 373 Å². The molecular formula is C52H44O10P2+2. The summed E-state index contributed by atoms with van der Waals surface area (Å²) >= 11 is 0. The van der Waals surface area contributed by atoms with Crippen LogP contribution in [0.15, 0.2) is 243 Å². The predicted octanol–water partition coefficient (Wildman–Crippen LogP) is 10.9. The summed E-state index contributed by atoms with van der Waals surface area (Å²) in [5, 5.41) is 0. The molecule has 0 radical (unpaired) electrons. The summed E-state index contributed by atoms with van der Waals surface area (Å²) in [5.41, 5.74) is 5.88. The van der Waals surface area contributed by atoms with Gasteiger partial charge in [0.05, 0.1) is 0 Å². The molecule has 0 atom stereocenters. The van der Waals surface area contributed by atoms with E-state index in [4.69, 9.17) is 28.7 Å². The first-order valence-electron chi connectivity index (χ1n) is 19.3. The highest BCUT2D eigenvalue weighted by Gasteiger charge is 2.09. The highest BCUT2D eigenvalue weighted by Crippen LogP contribution is 2.12. The van der Waals surface area contributed by atoms with Crippen molar-refractivity contribution >= 4 is 39.6 Å². The van der Waals surface area contributed by atoms with Crippen LogP contribution in [-0.4, -0.2) is 42.7 Å². The van der Waals surface area contributed by atoms with Gasteiger partial charge in [-0.25, -0.2) is 0 Å². The summed E-state index contributed by atoms with van der Waals surface area (Å²) in [6.45, 7) is 0. The lowest BCUT2D eigenvalue weighted by atomic mass is 10.0. The number of benzene rings is 8. The predicted molar refractivity (Wildman–Crippen MR) is 249 cm³/mol. The molecule has 0 spiro atoms. The molecule has 8 rings (SSSR count). The van der Waals surface area contributed by atoms with E-state index in [-0.39, 0.29) is 23.1 Å². The van der Waals surface area contributed by atoms with Crippen LogP contribution in [0.2, 0.25) is 0 Å². The van der Waals surface area contributed by atoms with Gasteiger partial charge in [0, 0.05) is 53.6 Å². The molecule has 0 aliphatic heterocycles. The van der Waals surface area contributed by atoms with Crippen molar-refractivity contribution < 1.29 is 47.9 Å². The van der Waals surface area contributed by atoms with Gasteiger partial charge in [-0.15, -0.1) is 19.6 Å². The molecule has 0 aromatic heterocycles. The van der Waals surface area contributed by atoms with Crippen LogP contribution in [-0.2, 0) is 9.13 Å². The largest absolute Gasteiger partial charge is 0.692 e. The molecule has 0 aliphatic carbocycles. The van der Waals surface area contributed by atoms with Gasteiger partial charge in [-0.3, -0.25) is 19.2 Å². The molecule has 0 bridgehead atoms. The van der Waals surface area contributed by atoms with E-state index in [1.807, 2.05) is 243 Å². The zero-order valence-electron chi connectivity index (χ0n) is 34.2. The number of carbonyl (C=O) groups excluding carboxylic acids is 4. The van der Waals surface area contributed by atoms with Gasteiger partial charge in [0.25, 0.3) is 0 Å². The molecule has 0 aliphatic rings. The lowest BCUT2D eigenvalue weighted by molar-refractivity contribution is 0.103. The molecular weight excluding hydrogens is 847 g/mol. The van der Waals surface area contributed by atoms with Crippen molar-refractivity contribution in [3.8, 4) is 0 Å². The minimum absolute atomic E-state index is 0.0752. The molecule has 4 N–H and O–H groups in total. The van der Waals surface area contributed by atoms with Crippen LogP contribution in [0.4, 0.5) is 0 Å². The Hall–Kier alpha value is -7.52. The standard InChI is InChI=1S/4C13H10O.2HO3P/c4*14-13(11-7-3-1-4-8-11)12-9-5-2-6-10-12;2*1-4(2)3/h4*1-10H;2*(H-,1,2,3)/p+2. The fourth-order valence-corrected chi connectivity index (χ4v) is 5.38. The van der Waals surface area contributed by atoms with E-state index in [2.05, 4.69) is 0 Å². The van der Waals surface area contributed by atoms with Gasteiger partial charge < -0.3 is 0 Å². The zero-order chi connectivity index (χ0) is 46.4. The SMILES string of the molecule is O=C(c1ccccc1)c1ccccc1.O=C(c1ccccc1)c1ccccc1.O=C(c1ccccc1)c1ccccc1.O=C(c1ccccc1)c1ccccc1.O=[P+](O)O.O=[P+](O)O. The monoisotopic (exact) mass is 890 g/mol. The van der Waals surface area contributed by atoms with Gasteiger partial charge in [-0.05, 0) is 0 Å². The second kappa shape index (κ2) is 29.7. The molecule has 0 saturated carbocycles. The Morgan fingerprint density at radius 1 is 0.219 bits per heavy atom. The smallest absolute Gasteiger partial charge is 0.289 e. The second-order valence-electron chi connectivity index (χ2n) is 12.8. The number of ketones is 4. The molecule has 0 amide bonds. The normalized spacial score (nSPS) is 9.31. The Kier molecular flexibility index (Phi) is 23.6. The average molecular weight is 891 g/mol. The number of rotatable bonds is 8. The summed E-state index contributed by atoms with van der Waals surface area (Å²) in [6.07, 6.45) is 0. The van der Waals surface area contributed by atoms with E-state index < -0.39 is 16.5 Å². The number of carbonyl (C=O) groups is 4. The van der Waals surface area contributed by atoms with Crippen LogP contribution >= 0.6 is 16.5 Å². The Bertz CT molecular complexity index is 2070. The molecule has 0 heterocycles. The fourth-order valence-electron chi connectivity index (χ4n) is 5.38. The van der Waals surface area contributed by atoms with Crippen molar-refractivity contribution in [1.29, 1.82) is 0 Å². The van der Waals surface area contributed by atoms with Crippen LogP contribution < -0.4 is 0 Å². The van der Waals surface area contributed by atoms with Gasteiger partial charge in [-0.2, -0.15) is 0 Å². The third kappa shape index (κ3) is 19.9. The fraction of sp³-hybridized carbons (Fsp3) is 0. The molecule has 0 saturated heterocycles. The zero-order valence-corrected chi connectivity index (χ0v) is 36.0. The molecule has 0 unspecified atom stereocenters. The summed E-state index contributed by atoms with van der Waals surface area (Å²) in [7, 11) is -5.74. The van der Waals surface area contributed by atoms with Crippen molar-refractivity contribution in [3.05, 3.63) is 287 Å². The summed E-state index contributed by atoms with van der Waals surface area (Å²) in [6, 6.07) is 74.4. The van der Waals surface area contributed by atoms with E-state index >= 15 is 0 Å². The third-order valence-corrected chi connectivity index (χ3v) is 8.29. The summed E-state index contributed by atoms with van der Waals surface area (Å²) in [5.74, 6) is 0.301. The highest BCUT2D eigenvalue weighted by atomic mass is 31.1. The van der Waals surface area contributed by atoms with Crippen molar-refractivity contribution in [1.82, 2.24) is 0 Å². The number of hydrogen-bond donors (Lipinski definition) is 4. The lowest BCUT2D eigenvalue weighted by Gasteiger charge is -1.99. The molecule has 10 nitrogen and oxygen atoms in total. The average Bonchev–Trinajstić information content (AvgIpc) is 3.35. The first-order valence-corrected chi connectivity index (χ1v) is 21.6.